The van der Waals surface area contributed by atoms with E-state index in [4.69, 9.17) is 14.2 Å². The van der Waals surface area contributed by atoms with Crippen LogP contribution in [0.2, 0.25) is 0 Å². The SMILES string of the molecule is COc1ccc(S(=O)(=O)c2c(C(=O)c3ccc(C)c(C)c3)cnc3cc4c(cc23)OCCO4)cc1. The first kappa shape index (κ1) is 22.9. The van der Waals surface area contributed by atoms with E-state index in [9.17, 15) is 13.2 Å². The molecule has 0 aliphatic carbocycles. The topological polar surface area (TPSA) is 91.8 Å². The lowest BCUT2D eigenvalue weighted by atomic mass is 9.99. The monoisotopic (exact) mass is 489 g/mol. The van der Waals surface area contributed by atoms with Gasteiger partial charge in [0.15, 0.2) is 17.3 Å². The maximum atomic E-state index is 14.0. The minimum atomic E-state index is -4.13. The van der Waals surface area contributed by atoms with E-state index >= 15 is 0 Å². The fraction of sp³-hybridized carbons (Fsp3) is 0.185. The number of carbonyl (C=O) groups is 1. The largest absolute Gasteiger partial charge is 0.497 e. The number of hydrogen-bond acceptors (Lipinski definition) is 7. The number of sulfone groups is 1. The van der Waals surface area contributed by atoms with Crippen molar-refractivity contribution in [3.63, 3.8) is 0 Å². The number of ketones is 1. The molecule has 0 amide bonds. The molecule has 2 heterocycles. The Morgan fingerprint density at radius 1 is 0.914 bits per heavy atom. The first-order valence-corrected chi connectivity index (χ1v) is 12.5. The van der Waals surface area contributed by atoms with Gasteiger partial charge in [0.05, 0.1) is 28.0 Å². The van der Waals surface area contributed by atoms with Gasteiger partial charge >= 0.3 is 0 Å². The Morgan fingerprint density at radius 2 is 1.60 bits per heavy atom. The van der Waals surface area contributed by atoms with Gasteiger partial charge in [-0.2, -0.15) is 0 Å². The molecule has 0 radical (unpaired) electrons. The Hall–Kier alpha value is -3.91. The van der Waals surface area contributed by atoms with E-state index in [-0.39, 0.29) is 15.4 Å². The van der Waals surface area contributed by atoms with Gasteiger partial charge in [0.1, 0.15) is 19.0 Å². The Bertz CT molecular complexity index is 1580. The summed E-state index contributed by atoms with van der Waals surface area (Å²) in [7, 11) is -2.63. The summed E-state index contributed by atoms with van der Waals surface area (Å²) in [6.45, 7) is 4.59. The van der Waals surface area contributed by atoms with Crippen LogP contribution in [-0.2, 0) is 9.84 Å². The number of aryl methyl sites for hydroxylation is 2. The zero-order valence-corrected chi connectivity index (χ0v) is 20.3. The number of nitrogens with zero attached hydrogens (tertiary/aromatic N) is 1. The van der Waals surface area contributed by atoms with Crippen molar-refractivity contribution in [2.45, 2.75) is 23.6 Å². The van der Waals surface area contributed by atoms with Gasteiger partial charge in [-0.25, -0.2) is 8.42 Å². The molecule has 7 nitrogen and oxygen atoms in total. The number of methoxy groups -OCH3 is 1. The van der Waals surface area contributed by atoms with Crippen LogP contribution in [0.15, 0.2) is 70.6 Å². The highest BCUT2D eigenvalue weighted by atomic mass is 32.2. The highest BCUT2D eigenvalue weighted by molar-refractivity contribution is 7.91. The minimum absolute atomic E-state index is 0.00625. The van der Waals surface area contributed by atoms with Gasteiger partial charge in [0, 0.05) is 23.2 Å². The number of aromatic nitrogens is 1. The number of pyridine rings is 1. The molecule has 0 N–H and O–H groups in total. The lowest BCUT2D eigenvalue weighted by molar-refractivity contribution is 0.103. The van der Waals surface area contributed by atoms with Gasteiger partial charge in [-0.3, -0.25) is 9.78 Å². The molecule has 0 spiro atoms. The molecule has 1 aliphatic rings. The van der Waals surface area contributed by atoms with Crippen molar-refractivity contribution in [1.29, 1.82) is 0 Å². The molecule has 178 valence electrons. The molecule has 0 atom stereocenters. The number of rotatable bonds is 5. The zero-order chi connectivity index (χ0) is 24.7. The first-order valence-electron chi connectivity index (χ1n) is 11.0. The van der Waals surface area contributed by atoms with E-state index in [1.807, 2.05) is 19.9 Å². The smallest absolute Gasteiger partial charge is 0.208 e. The molecule has 0 bridgehead atoms. The molecule has 0 fully saturated rings. The van der Waals surface area contributed by atoms with E-state index in [0.29, 0.717) is 46.9 Å². The van der Waals surface area contributed by atoms with Crippen molar-refractivity contribution in [2.75, 3.05) is 20.3 Å². The van der Waals surface area contributed by atoms with E-state index in [2.05, 4.69) is 4.98 Å². The van der Waals surface area contributed by atoms with Crippen LogP contribution in [0.3, 0.4) is 0 Å². The summed E-state index contributed by atoms with van der Waals surface area (Å²) in [5.41, 5.74) is 2.74. The zero-order valence-electron chi connectivity index (χ0n) is 19.5. The maximum Gasteiger partial charge on any atom is 0.208 e. The van der Waals surface area contributed by atoms with Gasteiger partial charge in [-0.1, -0.05) is 12.1 Å². The molecule has 5 rings (SSSR count). The number of ether oxygens (including phenoxy) is 3. The predicted molar refractivity (Wildman–Crippen MR) is 131 cm³/mol. The molecule has 1 aliphatic heterocycles. The Morgan fingerprint density at radius 3 is 2.26 bits per heavy atom. The molecule has 35 heavy (non-hydrogen) atoms. The second-order valence-electron chi connectivity index (χ2n) is 8.32. The second kappa shape index (κ2) is 8.70. The lowest BCUT2D eigenvalue weighted by Crippen LogP contribution is -2.16. The molecular weight excluding hydrogens is 466 g/mol. The van der Waals surface area contributed by atoms with E-state index < -0.39 is 15.6 Å². The lowest BCUT2D eigenvalue weighted by Gasteiger charge is -2.20. The number of carbonyl (C=O) groups excluding carboxylic acids is 1. The summed E-state index contributed by atoms with van der Waals surface area (Å²) in [6, 6.07) is 14.6. The standard InChI is InChI=1S/C27H23NO6S/c1-16-4-5-18(12-17(16)2)26(29)22-15-28-23-14-25-24(33-10-11-34-25)13-21(23)27(22)35(30,31)20-8-6-19(32-3)7-9-20/h4-9,12-15H,10-11H2,1-3H3. The van der Waals surface area contributed by atoms with Crippen LogP contribution in [-0.4, -0.2) is 39.5 Å². The summed E-state index contributed by atoms with van der Waals surface area (Å²) in [4.78, 5) is 18.0. The molecular formula is C27H23NO6S. The van der Waals surface area contributed by atoms with Gasteiger partial charge in [0.25, 0.3) is 0 Å². The van der Waals surface area contributed by atoms with Crippen LogP contribution in [0.5, 0.6) is 17.2 Å². The molecule has 0 saturated heterocycles. The molecule has 0 unspecified atom stereocenters. The van der Waals surface area contributed by atoms with Crippen molar-refractivity contribution in [2.24, 2.45) is 0 Å². The van der Waals surface area contributed by atoms with Crippen molar-refractivity contribution in [3.05, 3.63) is 83.0 Å². The molecule has 0 saturated carbocycles. The Balaban J connectivity index is 1.79. The third kappa shape index (κ3) is 4.00. The first-order chi connectivity index (χ1) is 16.8. The van der Waals surface area contributed by atoms with Crippen LogP contribution in [0.1, 0.15) is 27.0 Å². The number of fused-ring (bicyclic) bond motifs is 2. The fourth-order valence-electron chi connectivity index (χ4n) is 4.07. The van der Waals surface area contributed by atoms with Crippen LogP contribution in [0.25, 0.3) is 10.9 Å². The summed E-state index contributed by atoms with van der Waals surface area (Å²) in [5, 5.41) is 0.291. The quantitative estimate of drug-likeness (QED) is 0.375. The highest BCUT2D eigenvalue weighted by Gasteiger charge is 2.30. The van der Waals surface area contributed by atoms with Crippen LogP contribution in [0, 0.1) is 13.8 Å². The highest BCUT2D eigenvalue weighted by Crippen LogP contribution is 2.39. The van der Waals surface area contributed by atoms with Gasteiger partial charge in [-0.05, 0) is 61.4 Å². The van der Waals surface area contributed by atoms with E-state index in [0.717, 1.165) is 11.1 Å². The van der Waals surface area contributed by atoms with E-state index in [1.54, 1.807) is 36.4 Å². The van der Waals surface area contributed by atoms with Crippen molar-refractivity contribution in [1.82, 2.24) is 4.98 Å². The summed E-state index contributed by atoms with van der Waals surface area (Å²) < 4.78 is 44.5. The van der Waals surface area contributed by atoms with Crippen molar-refractivity contribution in [3.8, 4) is 17.2 Å². The molecule has 1 aromatic heterocycles. The van der Waals surface area contributed by atoms with Crippen LogP contribution >= 0.6 is 0 Å². The fourth-order valence-corrected chi connectivity index (χ4v) is 5.68. The Kier molecular flexibility index (Phi) is 5.68. The van der Waals surface area contributed by atoms with Gasteiger partial charge < -0.3 is 14.2 Å². The summed E-state index contributed by atoms with van der Waals surface area (Å²) >= 11 is 0. The van der Waals surface area contributed by atoms with Gasteiger partial charge in [0.2, 0.25) is 9.84 Å². The average Bonchev–Trinajstić information content (AvgIpc) is 2.87. The summed E-state index contributed by atoms with van der Waals surface area (Å²) in [6.07, 6.45) is 1.33. The van der Waals surface area contributed by atoms with E-state index in [1.165, 1.54) is 25.4 Å². The maximum absolute atomic E-state index is 14.0. The molecule has 8 heteroatoms. The minimum Gasteiger partial charge on any atom is -0.497 e. The van der Waals surface area contributed by atoms with Gasteiger partial charge in [-0.15, -0.1) is 0 Å². The third-order valence-electron chi connectivity index (χ3n) is 6.13. The third-order valence-corrected chi connectivity index (χ3v) is 8.00. The van der Waals surface area contributed by atoms with Crippen LogP contribution in [0.4, 0.5) is 0 Å². The average molecular weight is 490 g/mol. The van der Waals surface area contributed by atoms with Crippen molar-refractivity contribution >= 4 is 26.5 Å². The van der Waals surface area contributed by atoms with Crippen molar-refractivity contribution < 1.29 is 27.4 Å². The Labute approximate surface area is 203 Å². The summed E-state index contributed by atoms with van der Waals surface area (Å²) in [5.74, 6) is 0.990. The molecule has 3 aromatic carbocycles. The molecule has 4 aromatic rings. The predicted octanol–water partition coefficient (Wildman–Crippen LogP) is 4.70. The normalized spacial score (nSPS) is 13.0. The van der Waals surface area contributed by atoms with Crippen LogP contribution < -0.4 is 14.2 Å². The number of benzene rings is 3. The second-order valence-corrected chi connectivity index (χ2v) is 10.2. The number of hydrogen-bond donors (Lipinski definition) is 0.